The molecule has 0 saturated carbocycles. The van der Waals surface area contributed by atoms with Crippen molar-refractivity contribution in [1.82, 2.24) is 0 Å². The van der Waals surface area contributed by atoms with E-state index in [1.165, 1.54) is 0 Å². The highest BCUT2D eigenvalue weighted by atomic mass is 79.9. The number of benzene rings is 2. The van der Waals surface area contributed by atoms with E-state index in [0.717, 1.165) is 15.2 Å². The van der Waals surface area contributed by atoms with E-state index in [9.17, 15) is 0 Å². The van der Waals surface area contributed by atoms with Gasteiger partial charge in [-0.25, -0.2) is 0 Å². The van der Waals surface area contributed by atoms with Gasteiger partial charge in [0, 0.05) is 4.47 Å². The summed E-state index contributed by atoms with van der Waals surface area (Å²) in [4.78, 5) is 0. The maximum Gasteiger partial charge on any atom is 0.489 e. The Morgan fingerprint density at radius 1 is 1.07 bits per heavy atom. The second-order valence-corrected chi connectivity index (χ2v) is 4.00. The molecule has 0 spiro atoms. The van der Waals surface area contributed by atoms with E-state index in [0.29, 0.717) is 5.46 Å². The molecule has 0 aliphatic rings. The summed E-state index contributed by atoms with van der Waals surface area (Å²) in [7, 11) is -1.42. The summed E-state index contributed by atoms with van der Waals surface area (Å²) in [5.74, 6) is 0. The summed E-state index contributed by atoms with van der Waals surface area (Å²) < 4.78 is 0.981. The standard InChI is InChI=1S/C10H8BBrO2/c12-8-4-5-9-7(6-8)2-1-3-10(9)11(13)14/h1-6,13-14H. The van der Waals surface area contributed by atoms with Crippen LogP contribution in [0.15, 0.2) is 40.9 Å². The van der Waals surface area contributed by atoms with E-state index in [1.54, 1.807) is 6.07 Å². The van der Waals surface area contributed by atoms with Crippen LogP contribution >= 0.6 is 15.9 Å². The topological polar surface area (TPSA) is 40.5 Å². The van der Waals surface area contributed by atoms with Crippen LogP contribution in [-0.2, 0) is 0 Å². The van der Waals surface area contributed by atoms with Gasteiger partial charge in [-0.15, -0.1) is 0 Å². The Labute approximate surface area is 90.5 Å². The van der Waals surface area contributed by atoms with Crippen molar-refractivity contribution in [2.45, 2.75) is 0 Å². The number of fused-ring (bicyclic) bond motifs is 1. The van der Waals surface area contributed by atoms with Crippen LogP contribution in [0.25, 0.3) is 10.8 Å². The lowest BCUT2D eigenvalue weighted by Gasteiger charge is -2.05. The molecular formula is C10H8BBrO2. The first-order valence-corrected chi connectivity index (χ1v) is 5.02. The first kappa shape index (κ1) is 9.71. The second-order valence-electron chi connectivity index (χ2n) is 3.09. The molecule has 0 aromatic heterocycles. The molecule has 70 valence electrons. The van der Waals surface area contributed by atoms with Crippen molar-refractivity contribution in [3.05, 3.63) is 40.9 Å². The molecule has 0 radical (unpaired) electrons. The second kappa shape index (κ2) is 3.73. The molecular weight excluding hydrogens is 243 g/mol. The average molecular weight is 251 g/mol. The van der Waals surface area contributed by atoms with Gasteiger partial charge in [0.25, 0.3) is 0 Å². The Balaban J connectivity index is 2.75. The predicted octanol–water partition coefficient (Wildman–Crippen LogP) is 1.28. The van der Waals surface area contributed by atoms with E-state index in [1.807, 2.05) is 30.3 Å². The van der Waals surface area contributed by atoms with Crippen LogP contribution in [0.1, 0.15) is 0 Å². The molecule has 2 aromatic rings. The molecule has 0 bridgehead atoms. The van der Waals surface area contributed by atoms with Crippen LogP contribution in [-0.4, -0.2) is 17.2 Å². The smallest absolute Gasteiger partial charge is 0.423 e. The largest absolute Gasteiger partial charge is 0.489 e. The predicted molar refractivity (Wildman–Crippen MR) is 61.5 cm³/mol. The van der Waals surface area contributed by atoms with Crippen LogP contribution in [0.4, 0.5) is 0 Å². The highest BCUT2D eigenvalue weighted by Crippen LogP contribution is 2.18. The molecule has 2 N–H and O–H groups in total. The van der Waals surface area contributed by atoms with Crippen LogP contribution in [0.2, 0.25) is 0 Å². The van der Waals surface area contributed by atoms with Gasteiger partial charge in [-0.05, 0) is 28.4 Å². The van der Waals surface area contributed by atoms with Crippen molar-refractivity contribution in [3.63, 3.8) is 0 Å². The monoisotopic (exact) mass is 250 g/mol. The maximum atomic E-state index is 9.13. The summed E-state index contributed by atoms with van der Waals surface area (Å²) in [5.41, 5.74) is 0.537. The van der Waals surface area contributed by atoms with Crippen molar-refractivity contribution in [2.24, 2.45) is 0 Å². The number of halogens is 1. The van der Waals surface area contributed by atoms with Crippen LogP contribution in [0, 0.1) is 0 Å². The zero-order valence-corrected chi connectivity index (χ0v) is 8.90. The lowest BCUT2D eigenvalue weighted by molar-refractivity contribution is 0.426. The van der Waals surface area contributed by atoms with Gasteiger partial charge < -0.3 is 10.0 Å². The van der Waals surface area contributed by atoms with Gasteiger partial charge in [0.2, 0.25) is 0 Å². The highest BCUT2D eigenvalue weighted by Gasteiger charge is 2.13. The summed E-state index contributed by atoms with van der Waals surface area (Å²) in [6.07, 6.45) is 0. The fourth-order valence-corrected chi connectivity index (χ4v) is 1.88. The SMILES string of the molecule is OB(O)c1cccc2cc(Br)ccc12. The highest BCUT2D eigenvalue weighted by molar-refractivity contribution is 9.10. The van der Waals surface area contributed by atoms with Gasteiger partial charge in [0.05, 0.1) is 0 Å². The third-order valence-electron chi connectivity index (χ3n) is 2.15. The van der Waals surface area contributed by atoms with Gasteiger partial charge >= 0.3 is 7.12 Å². The third-order valence-corrected chi connectivity index (χ3v) is 2.65. The molecule has 2 rings (SSSR count). The lowest BCUT2D eigenvalue weighted by atomic mass is 9.77. The van der Waals surface area contributed by atoms with Crippen LogP contribution in [0.3, 0.4) is 0 Å². The van der Waals surface area contributed by atoms with Crippen LogP contribution < -0.4 is 5.46 Å². The van der Waals surface area contributed by atoms with Crippen LogP contribution in [0.5, 0.6) is 0 Å². The fraction of sp³-hybridized carbons (Fsp3) is 0. The Hall–Kier alpha value is -0.835. The number of rotatable bonds is 1. The van der Waals surface area contributed by atoms with E-state index < -0.39 is 7.12 Å². The summed E-state index contributed by atoms with van der Waals surface area (Å²) in [5, 5.41) is 20.1. The molecule has 0 amide bonds. The third kappa shape index (κ3) is 1.69. The van der Waals surface area contributed by atoms with Crippen molar-refractivity contribution < 1.29 is 10.0 Å². The van der Waals surface area contributed by atoms with E-state index in [4.69, 9.17) is 10.0 Å². The lowest BCUT2D eigenvalue weighted by Crippen LogP contribution is -2.30. The van der Waals surface area contributed by atoms with Gasteiger partial charge in [0.15, 0.2) is 0 Å². The summed E-state index contributed by atoms with van der Waals surface area (Å²) in [6.45, 7) is 0. The molecule has 0 saturated heterocycles. The molecule has 2 nitrogen and oxygen atoms in total. The molecule has 0 unspecified atom stereocenters. The molecule has 14 heavy (non-hydrogen) atoms. The molecule has 0 aliphatic carbocycles. The Kier molecular flexibility index (Phi) is 2.59. The van der Waals surface area contributed by atoms with Crippen molar-refractivity contribution in [3.8, 4) is 0 Å². The minimum Gasteiger partial charge on any atom is -0.423 e. The minimum atomic E-state index is -1.42. The molecule has 0 fully saturated rings. The first-order valence-electron chi connectivity index (χ1n) is 4.23. The fourth-order valence-electron chi connectivity index (χ4n) is 1.50. The quantitative estimate of drug-likeness (QED) is 0.749. The Morgan fingerprint density at radius 2 is 1.86 bits per heavy atom. The molecule has 0 heterocycles. The normalized spacial score (nSPS) is 10.5. The van der Waals surface area contributed by atoms with Crippen molar-refractivity contribution in [2.75, 3.05) is 0 Å². The zero-order valence-electron chi connectivity index (χ0n) is 7.31. The first-order chi connectivity index (χ1) is 6.68. The van der Waals surface area contributed by atoms with Crippen molar-refractivity contribution >= 4 is 39.3 Å². The molecule has 2 aromatic carbocycles. The summed E-state index contributed by atoms with van der Waals surface area (Å²) in [6, 6.07) is 11.2. The van der Waals surface area contributed by atoms with E-state index in [-0.39, 0.29) is 0 Å². The van der Waals surface area contributed by atoms with E-state index >= 15 is 0 Å². The molecule has 0 aliphatic heterocycles. The summed E-state index contributed by atoms with van der Waals surface area (Å²) >= 11 is 3.37. The van der Waals surface area contributed by atoms with Gasteiger partial charge in [-0.3, -0.25) is 0 Å². The zero-order chi connectivity index (χ0) is 10.1. The Bertz CT molecular complexity index is 471. The minimum absolute atomic E-state index is 0.537. The number of hydrogen-bond acceptors (Lipinski definition) is 2. The van der Waals surface area contributed by atoms with Gasteiger partial charge in [0.1, 0.15) is 0 Å². The van der Waals surface area contributed by atoms with E-state index in [2.05, 4.69) is 15.9 Å². The number of hydrogen-bond donors (Lipinski definition) is 2. The van der Waals surface area contributed by atoms with Crippen molar-refractivity contribution in [1.29, 1.82) is 0 Å². The van der Waals surface area contributed by atoms with Gasteiger partial charge in [-0.1, -0.05) is 40.2 Å². The Morgan fingerprint density at radius 3 is 2.57 bits per heavy atom. The maximum absolute atomic E-state index is 9.13. The molecule has 0 atom stereocenters. The molecule has 4 heteroatoms. The average Bonchev–Trinajstić information content (AvgIpc) is 2.16. The van der Waals surface area contributed by atoms with Gasteiger partial charge in [-0.2, -0.15) is 0 Å².